The minimum absolute atomic E-state index is 0.0874. The van der Waals surface area contributed by atoms with Crippen LogP contribution in [0.5, 0.6) is 0 Å². The summed E-state index contributed by atoms with van der Waals surface area (Å²) in [6, 6.07) is 21.2. The van der Waals surface area contributed by atoms with Crippen LogP contribution in [0.4, 0.5) is 5.69 Å². The van der Waals surface area contributed by atoms with Crippen LogP contribution >= 0.6 is 11.6 Å². The Morgan fingerprint density at radius 1 is 0.969 bits per heavy atom. The van der Waals surface area contributed by atoms with E-state index in [1.54, 1.807) is 48.5 Å². The maximum atomic E-state index is 12.5. The van der Waals surface area contributed by atoms with Crippen molar-refractivity contribution >= 4 is 38.9 Å². The number of aryl methyl sites for hydroxylation is 1. The highest BCUT2D eigenvalue weighted by molar-refractivity contribution is 7.92. The van der Waals surface area contributed by atoms with Crippen LogP contribution in [-0.4, -0.2) is 26.3 Å². The average Bonchev–Trinajstić information content (AvgIpc) is 2.76. The van der Waals surface area contributed by atoms with Crippen molar-refractivity contribution in [1.82, 2.24) is 5.43 Å². The molecule has 0 aromatic heterocycles. The Morgan fingerprint density at radius 3 is 2.16 bits per heavy atom. The minimum atomic E-state index is -3.57. The number of nitrogens with zero attached hydrogens (tertiary/aromatic N) is 2. The number of hydrogen-bond donors (Lipinski definition) is 1. The fourth-order valence-corrected chi connectivity index (χ4v) is 4.09. The van der Waals surface area contributed by atoms with E-state index in [1.807, 2.05) is 38.1 Å². The SMILES string of the molecule is C/C(=N/NC(=O)c1ccc(N(Cc2ccccc2Cl)S(C)(=O)=O)cc1)c1ccc(C)cc1. The van der Waals surface area contributed by atoms with Crippen LogP contribution in [0.15, 0.2) is 77.9 Å². The molecule has 3 aromatic rings. The molecule has 32 heavy (non-hydrogen) atoms. The summed E-state index contributed by atoms with van der Waals surface area (Å²) in [6.45, 7) is 3.90. The lowest BCUT2D eigenvalue weighted by atomic mass is 10.1. The second-order valence-corrected chi connectivity index (χ2v) is 9.73. The van der Waals surface area contributed by atoms with Crippen LogP contribution in [0.25, 0.3) is 0 Å². The second kappa shape index (κ2) is 9.97. The van der Waals surface area contributed by atoms with E-state index in [9.17, 15) is 13.2 Å². The van der Waals surface area contributed by atoms with Crippen LogP contribution in [0.1, 0.15) is 34.0 Å². The largest absolute Gasteiger partial charge is 0.271 e. The van der Waals surface area contributed by atoms with Gasteiger partial charge >= 0.3 is 0 Å². The van der Waals surface area contributed by atoms with Gasteiger partial charge in [-0.3, -0.25) is 9.10 Å². The number of benzene rings is 3. The first-order chi connectivity index (χ1) is 15.1. The predicted octanol–water partition coefficient (Wildman–Crippen LogP) is 4.77. The van der Waals surface area contributed by atoms with Gasteiger partial charge in [0.1, 0.15) is 0 Å². The summed E-state index contributed by atoms with van der Waals surface area (Å²) in [6.07, 6.45) is 1.13. The molecule has 0 radical (unpaired) electrons. The topological polar surface area (TPSA) is 78.8 Å². The molecule has 0 aliphatic rings. The van der Waals surface area contributed by atoms with E-state index in [0.717, 1.165) is 17.4 Å². The third kappa shape index (κ3) is 5.96. The van der Waals surface area contributed by atoms with Crippen molar-refractivity contribution in [2.45, 2.75) is 20.4 Å². The fraction of sp³-hybridized carbons (Fsp3) is 0.167. The van der Waals surface area contributed by atoms with Crippen LogP contribution in [-0.2, 0) is 16.6 Å². The van der Waals surface area contributed by atoms with Crippen molar-refractivity contribution in [3.05, 3.63) is 100 Å². The van der Waals surface area contributed by atoms with E-state index >= 15 is 0 Å². The van der Waals surface area contributed by atoms with Crippen molar-refractivity contribution in [3.63, 3.8) is 0 Å². The number of hydrazone groups is 1. The molecule has 0 aliphatic carbocycles. The Hall–Kier alpha value is -3.16. The first kappa shape index (κ1) is 23.5. The summed E-state index contributed by atoms with van der Waals surface area (Å²) in [7, 11) is -3.57. The van der Waals surface area contributed by atoms with Crippen molar-refractivity contribution in [2.75, 3.05) is 10.6 Å². The number of anilines is 1. The van der Waals surface area contributed by atoms with Crippen molar-refractivity contribution in [1.29, 1.82) is 0 Å². The number of carbonyl (C=O) groups excluding carboxylic acids is 1. The Kier molecular flexibility index (Phi) is 7.33. The van der Waals surface area contributed by atoms with E-state index in [4.69, 9.17) is 11.6 Å². The summed E-state index contributed by atoms with van der Waals surface area (Å²) in [5.74, 6) is -0.389. The van der Waals surface area contributed by atoms with Crippen LogP contribution in [0.2, 0.25) is 5.02 Å². The molecule has 0 fully saturated rings. The van der Waals surface area contributed by atoms with E-state index < -0.39 is 10.0 Å². The van der Waals surface area contributed by atoms with Gasteiger partial charge in [-0.2, -0.15) is 5.10 Å². The van der Waals surface area contributed by atoms with Gasteiger partial charge < -0.3 is 0 Å². The molecule has 0 spiro atoms. The zero-order valence-electron chi connectivity index (χ0n) is 18.0. The quantitative estimate of drug-likeness (QED) is 0.400. The van der Waals surface area contributed by atoms with Gasteiger partial charge in [-0.15, -0.1) is 0 Å². The number of sulfonamides is 1. The Bertz CT molecular complexity index is 1240. The molecule has 3 rings (SSSR count). The zero-order chi connectivity index (χ0) is 23.3. The highest BCUT2D eigenvalue weighted by Crippen LogP contribution is 2.24. The Balaban J connectivity index is 1.76. The lowest BCUT2D eigenvalue weighted by Gasteiger charge is -2.23. The average molecular weight is 470 g/mol. The normalized spacial score (nSPS) is 11.8. The monoisotopic (exact) mass is 469 g/mol. The molecule has 3 aromatic carbocycles. The lowest BCUT2D eigenvalue weighted by Crippen LogP contribution is -2.29. The Morgan fingerprint density at radius 2 is 1.56 bits per heavy atom. The molecular formula is C24H24ClN3O3S. The standard InChI is InChI=1S/C24H24ClN3O3S/c1-17-8-10-19(11-9-17)18(2)26-27-24(29)20-12-14-22(15-13-20)28(32(3,30)31)16-21-6-4-5-7-23(21)25/h4-15H,16H2,1-3H3,(H,27,29)/b26-18-. The number of amides is 1. The van der Waals surface area contributed by atoms with Crippen molar-refractivity contribution < 1.29 is 13.2 Å². The molecule has 0 heterocycles. The van der Waals surface area contributed by atoms with Crippen molar-refractivity contribution in [3.8, 4) is 0 Å². The van der Waals surface area contributed by atoms with Gasteiger partial charge in [0.25, 0.3) is 5.91 Å². The highest BCUT2D eigenvalue weighted by atomic mass is 35.5. The van der Waals surface area contributed by atoms with Crippen LogP contribution in [0.3, 0.4) is 0 Å². The molecule has 1 N–H and O–H groups in total. The molecule has 0 bridgehead atoms. The molecule has 166 valence electrons. The van der Waals surface area contributed by atoms with E-state index in [2.05, 4.69) is 10.5 Å². The summed E-state index contributed by atoms with van der Waals surface area (Å²) < 4.78 is 26.0. The molecule has 8 heteroatoms. The molecule has 0 unspecified atom stereocenters. The van der Waals surface area contributed by atoms with E-state index in [-0.39, 0.29) is 12.5 Å². The predicted molar refractivity (Wildman–Crippen MR) is 130 cm³/mol. The van der Waals surface area contributed by atoms with E-state index in [0.29, 0.717) is 27.5 Å². The van der Waals surface area contributed by atoms with Gasteiger partial charge in [0.15, 0.2) is 0 Å². The maximum Gasteiger partial charge on any atom is 0.271 e. The zero-order valence-corrected chi connectivity index (χ0v) is 19.6. The van der Waals surface area contributed by atoms with Crippen molar-refractivity contribution in [2.24, 2.45) is 5.10 Å². The van der Waals surface area contributed by atoms with Gasteiger partial charge in [0, 0.05) is 10.6 Å². The number of hydrogen-bond acceptors (Lipinski definition) is 4. The van der Waals surface area contributed by atoms with Gasteiger partial charge in [-0.05, 0) is 55.3 Å². The molecule has 0 atom stereocenters. The molecule has 0 saturated heterocycles. The fourth-order valence-electron chi connectivity index (χ4n) is 3.02. The van der Waals surface area contributed by atoms with Gasteiger partial charge in [0.05, 0.1) is 24.2 Å². The summed E-state index contributed by atoms with van der Waals surface area (Å²) in [4.78, 5) is 12.5. The first-order valence-corrected chi connectivity index (χ1v) is 12.1. The van der Waals surface area contributed by atoms with E-state index in [1.165, 1.54) is 4.31 Å². The minimum Gasteiger partial charge on any atom is -0.267 e. The van der Waals surface area contributed by atoms with Crippen LogP contribution < -0.4 is 9.73 Å². The van der Waals surface area contributed by atoms with Gasteiger partial charge in [-0.25, -0.2) is 13.8 Å². The number of nitrogens with one attached hydrogen (secondary N) is 1. The second-order valence-electron chi connectivity index (χ2n) is 7.41. The highest BCUT2D eigenvalue weighted by Gasteiger charge is 2.19. The summed E-state index contributed by atoms with van der Waals surface area (Å²) in [5.41, 5.74) is 6.75. The summed E-state index contributed by atoms with van der Waals surface area (Å²) >= 11 is 6.20. The first-order valence-electron chi connectivity index (χ1n) is 9.88. The third-order valence-electron chi connectivity index (χ3n) is 4.88. The molecule has 0 aliphatic heterocycles. The molecule has 0 saturated carbocycles. The molecular weight excluding hydrogens is 446 g/mol. The van der Waals surface area contributed by atoms with Gasteiger partial charge in [-0.1, -0.05) is 59.6 Å². The van der Waals surface area contributed by atoms with Crippen LogP contribution in [0, 0.1) is 6.92 Å². The maximum absolute atomic E-state index is 12.5. The van der Waals surface area contributed by atoms with Gasteiger partial charge in [0.2, 0.25) is 10.0 Å². The summed E-state index contributed by atoms with van der Waals surface area (Å²) in [5, 5.41) is 4.64. The lowest BCUT2D eigenvalue weighted by molar-refractivity contribution is 0.0955. The number of carbonyl (C=O) groups is 1. The smallest absolute Gasteiger partial charge is 0.267 e. The third-order valence-corrected chi connectivity index (χ3v) is 6.39. The Labute approximate surface area is 193 Å². The number of halogens is 1. The number of rotatable bonds is 7. The molecule has 6 nitrogen and oxygen atoms in total. The molecule has 1 amide bonds.